The molecule has 0 amide bonds. The lowest BCUT2D eigenvalue weighted by atomic mass is 10.1. The number of nitrogens with zero attached hydrogens (tertiary/aromatic N) is 3. The van der Waals surface area contributed by atoms with Crippen LogP contribution in [0.25, 0.3) is 0 Å². The monoisotopic (exact) mass is 590 g/mol. The van der Waals surface area contributed by atoms with E-state index in [4.69, 9.17) is 25.8 Å². The summed E-state index contributed by atoms with van der Waals surface area (Å²) in [5, 5.41) is 14.5. The minimum absolute atomic E-state index is 0.316. The lowest BCUT2D eigenvalue weighted by molar-refractivity contribution is 0.184. The van der Waals surface area contributed by atoms with E-state index in [9.17, 15) is 5.26 Å². The Labute approximate surface area is 217 Å². The van der Waals surface area contributed by atoms with Crippen LogP contribution in [0.2, 0.25) is 5.02 Å². The highest BCUT2D eigenvalue weighted by molar-refractivity contribution is 14.1. The number of anilines is 1. The minimum atomic E-state index is 0.316. The molecule has 3 aromatic rings. The van der Waals surface area contributed by atoms with E-state index in [2.05, 4.69) is 44.2 Å². The molecule has 7 nitrogen and oxygen atoms in total. The van der Waals surface area contributed by atoms with Crippen molar-refractivity contribution in [3.05, 3.63) is 79.0 Å². The van der Waals surface area contributed by atoms with Gasteiger partial charge in [0.1, 0.15) is 18.2 Å². The SMILES string of the molecule is CCOc1cc(/C=N\Nc2nc(C)cc(COC)c2C#N)cc(I)c1OCc1ccccc1Cl. The van der Waals surface area contributed by atoms with E-state index in [0.717, 1.165) is 26.0 Å². The summed E-state index contributed by atoms with van der Waals surface area (Å²) in [5.74, 6) is 1.63. The molecule has 0 bridgehead atoms. The van der Waals surface area contributed by atoms with Gasteiger partial charge >= 0.3 is 0 Å². The molecule has 0 radical (unpaired) electrons. The number of nitriles is 1. The number of nitrogens with one attached hydrogen (secondary N) is 1. The van der Waals surface area contributed by atoms with Gasteiger partial charge in [0.2, 0.25) is 0 Å². The molecule has 2 aromatic carbocycles. The van der Waals surface area contributed by atoms with E-state index in [1.54, 1.807) is 13.3 Å². The van der Waals surface area contributed by atoms with Gasteiger partial charge in [-0.2, -0.15) is 10.4 Å². The molecular formula is C25H24ClIN4O3. The van der Waals surface area contributed by atoms with Crippen molar-refractivity contribution < 1.29 is 14.2 Å². The third-order valence-electron chi connectivity index (χ3n) is 4.69. The van der Waals surface area contributed by atoms with Crippen molar-refractivity contribution in [2.45, 2.75) is 27.1 Å². The highest BCUT2D eigenvalue weighted by Gasteiger charge is 2.14. The Kier molecular flexibility index (Phi) is 9.51. The Morgan fingerprint density at radius 1 is 1.18 bits per heavy atom. The largest absolute Gasteiger partial charge is 0.490 e. The molecule has 0 aliphatic rings. The second-order valence-electron chi connectivity index (χ2n) is 7.20. The summed E-state index contributed by atoms with van der Waals surface area (Å²) >= 11 is 8.46. The van der Waals surface area contributed by atoms with Gasteiger partial charge in [0, 0.05) is 29.0 Å². The van der Waals surface area contributed by atoms with Crippen molar-refractivity contribution in [2.75, 3.05) is 19.1 Å². The first-order chi connectivity index (χ1) is 16.5. The molecule has 3 rings (SSSR count). The first kappa shape index (κ1) is 25.7. The van der Waals surface area contributed by atoms with E-state index in [1.165, 1.54) is 0 Å². The van der Waals surface area contributed by atoms with Crippen LogP contribution in [0, 0.1) is 21.8 Å². The Morgan fingerprint density at radius 2 is 1.97 bits per heavy atom. The van der Waals surface area contributed by atoms with Crippen molar-refractivity contribution in [3.8, 4) is 17.6 Å². The van der Waals surface area contributed by atoms with Crippen LogP contribution in [0.4, 0.5) is 5.82 Å². The number of aromatic nitrogens is 1. The van der Waals surface area contributed by atoms with Crippen molar-refractivity contribution in [3.63, 3.8) is 0 Å². The first-order valence-corrected chi connectivity index (χ1v) is 11.9. The lowest BCUT2D eigenvalue weighted by Crippen LogP contribution is -2.04. The maximum atomic E-state index is 9.57. The van der Waals surface area contributed by atoms with Gasteiger partial charge in [-0.25, -0.2) is 4.98 Å². The zero-order valence-electron chi connectivity index (χ0n) is 19.1. The van der Waals surface area contributed by atoms with Gasteiger partial charge in [-0.05, 0) is 66.3 Å². The number of pyridine rings is 1. The molecule has 0 spiro atoms. The molecule has 0 saturated carbocycles. The van der Waals surface area contributed by atoms with Crippen molar-refractivity contribution in [2.24, 2.45) is 5.10 Å². The number of hydrogen-bond donors (Lipinski definition) is 1. The highest BCUT2D eigenvalue weighted by Crippen LogP contribution is 2.35. The molecule has 0 aliphatic heterocycles. The second-order valence-corrected chi connectivity index (χ2v) is 8.77. The van der Waals surface area contributed by atoms with E-state index >= 15 is 0 Å². The van der Waals surface area contributed by atoms with Gasteiger partial charge in [-0.15, -0.1) is 0 Å². The smallest absolute Gasteiger partial charge is 0.175 e. The Bertz CT molecular complexity index is 1230. The Morgan fingerprint density at radius 3 is 2.68 bits per heavy atom. The van der Waals surface area contributed by atoms with Crippen molar-refractivity contribution >= 4 is 46.2 Å². The van der Waals surface area contributed by atoms with Crippen LogP contribution < -0.4 is 14.9 Å². The standard InChI is InChI=1S/C25H24ClIN4O3/c1-4-33-23-11-17(10-22(27)24(23)34-15-18-7-5-6-8-21(18)26)13-29-31-25-20(12-28)19(14-32-3)9-16(2)30-25/h5-11,13H,4,14-15H2,1-3H3,(H,30,31)/b29-13-. The van der Waals surface area contributed by atoms with E-state index in [1.807, 2.05) is 56.3 Å². The fraction of sp³-hybridized carbons (Fsp3) is 0.240. The third kappa shape index (κ3) is 6.59. The maximum absolute atomic E-state index is 9.57. The van der Waals surface area contributed by atoms with E-state index in [0.29, 0.717) is 47.7 Å². The number of methoxy groups -OCH3 is 1. The van der Waals surface area contributed by atoms with Gasteiger partial charge in [0.05, 0.1) is 23.0 Å². The normalized spacial score (nSPS) is 10.8. The van der Waals surface area contributed by atoms with E-state index in [-0.39, 0.29) is 0 Å². The quantitative estimate of drug-likeness (QED) is 0.175. The molecule has 1 aromatic heterocycles. The summed E-state index contributed by atoms with van der Waals surface area (Å²) in [5.41, 5.74) is 6.49. The minimum Gasteiger partial charge on any atom is -0.490 e. The maximum Gasteiger partial charge on any atom is 0.175 e. The number of aryl methyl sites for hydroxylation is 1. The first-order valence-electron chi connectivity index (χ1n) is 10.5. The Balaban J connectivity index is 1.82. The fourth-order valence-corrected chi connectivity index (χ4v) is 4.19. The molecule has 0 atom stereocenters. The van der Waals surface area contributed by atoms with Crippen LogP contribution >= 0.6 is 34.2 Å². The number of hydrazone groups is 1. The average Bonchev–Trinajstić information content (AvgIpc) is 2.80. The molecule has 176 valence electrons. The predicted molar refractivity (Wildman–Crippen MR) is 142 cm³/mol. The van der Waals surface area contributed by atoms with Crippen LogP contribution in [0.5, 0.6) is 11.5 Å². The summed E-state index contributed by atoms with van der Waals surface area (Å²) in [6, 6.07) is 15.3. The summed E-state index contributed by atoms with van der Waals surface area (Å²) in [4.78, 5) is 4.40. The van der Waals surface area contributed by atoms with Crippen LogP contribution in [0.3, 0.4) is 0 Å². The third-order valence-corrected chi connectivity index (χ3v) is 5.86. The van der Waals surface area contributed by atoms with Crippen molar-refractivity contribution in [1.29, 1.82) is 5.26 Å². The van der Waals surface area contributed by atoms with Crippen LogP contribution in [-0.4, -0.2) is 24.9 Å². The van der Waals surface area contributed by atoms with Crippen LogP contribution in [-0.2, 0) is 18.0 Å². The van der Waals surface area contributed by atoms with Crippen LogP contribution in [0.1, 0.15) is 34.9 Å². The molecule has 34 heavy (non-hydrogen) atoms. The molecule has 0 saturated heterocycles. The van der Waals surface area contributed by atoms with Gasteiger partial charge in [0.25, 0.3) is 0 Å². The predicted octanol–water partition coefficient (Wildman–Crippen LogP) is 6.09. The number of halogens is 2. The average molecular weight is 591 g/mol. The zero-order chi connectivity index (χ0) is 24.5. The number of benzene rings is 2. The number of hydrogen-bond acceptors (Lipinski definition) is 7. The molecule has 0 aliphatic carbocycles. The van der Waals surface area contributed by atoms with Crippen LogP contribution in [0.15, 0.2) is 47.6 Å². The number of rotatable bonds is 10. The molecule has 1 heterocycles. The van der Waals surface area contributed by atoms with E-state index < -0.39 is 0 Å². The fourth-order valence-electron chi connectivity index (χ4n) is 3.21. The molecule has 0 fully saturated rings. The molecular weight excluding hydrogens is 567 g/mol. The summed E-state index contributed by atoms with van der Waals surface area (Å²) in [7, 11) is 1.58. The molecule has 1 N–H and O–H groups in total. The highest BCUT2D eigenvalue weighted by atomic mass is 127. The summed E-state index contributed by atoms with van der Waals surface area (Å²) in [6.07, 6.45) is 1.64. The second kappa shape index (κ2) is 12.6. The lowest BCUT2D eigenvalue weighted by Gasteiger charge is -2.15. The van der Waals surface area contributed by atoms with Gasteiger partial charge in [-0.3, -0.25) is 5.43 Å². The van der Waals surface area contributed by atoms with Crippen molar-refractivity contribution in [1.82, 2.24) is 4.98 Å². The number of ether oxygens (including phenoxy) is 3. The topological polar surface area (TPSA) is 88.8 Å². The van der Waals surface area contributed by atoms with Gasteiger partial charge in [-0.1, -0.05) is 29.8 Å². The summed E-state index contributed by atoms with van der Waals surface area (Å²) in [6.45, 7) is 4.89. The molecule has 9 heteroatoms. The molecule has 0 unspecified atom stereocenters. The Hall–Kier alpha value is -2.87. The zero-order valence-corrected chi connectivity index (χ0v) is 22.0. The summed E-state index contributed by atoms with van der Waals surface area (Å²) < 4.78 is 17.9. The van der Waals surface area contributed by atoms with Gasteiger partial charge in [0.15, 0.2) is 17.3 Å². The van der Waals surface area contributed by atoms with Gasteiger partial charge < -0.3 is 14.2 Å².